The maximum atomic E-state index is 11.7. The number of carbonyl (C=O) groups excluding carboxylic acids is 2. The van der Waals surface area contributed by atoms with Crippen molar-refractivity contribution in [2.24, 2.45) is 0 Å². The Balaban J connectivity index is 2.74. The van der Waals surface area contributed by atoms with E-state index in [9.17, 15) is 9.59 Å². The van der Waals surface area contributed by atoms with E-state index in [4.69, 9.17) is 5.11 Å². The summed E-state index contributed by atoms with van der Waals surface area (Å²) < 4.78 is 4.65. The number of aliphatic hydroxyl groups is 1. The van der Waals surface area contributed by atoms with E-state index in [2.05, 4.69) is 10.1 Å². The molecule has 1 heterocycles. The Morgan fingerprint density at radius 3 is 2.78 bits per heavy atom. The molecule has 0 spiro atoms. The van der Waals surface area contributed by atoms with E-state index in [1.54, 1.807) is 12.3 Å². The molecular formula is C12H17NO4S. The van der Waals surface area contributed by atoms with Crippen molar-refractivity contribution in [3.8, 4) is 0 Å². The number of esters is 1. The topological polar surface area (TPSA) is 75.6 Å². The molecule has 1 atom stereocenters. The zero-order valence-corrected chi connectivity index (χ0v) is 11.5. The highest BCUT2D eigenvalue weighted by molar-refractivity contribution is 7.12. The third-order valence-electron chi connectivity index (χ3n) is 2.40. The van der Waals surface area contributed by atoms with Gasteiger partial charge in [0.15, 0.2) is 0 Å². The van der Waals surface area contributed by atoms with E-state index in [1.807, 2.05) is 6.92 Å². The van der Waals surface area contributed by atoms with Crippen LogP contribution in [0.25, 0.3) is 0 Å². The smallest absolute Gasteiger partial charge is 0.350 e. The molecule has 0 aliphatic rings. The Hall–Kier alpha value is -1.40. The van der Waals surface area contributed by atoms with E-state index < -0.39 is 12.1 Å². The fourth-order valence-corrected chi connectivity index (χ4v) is 2.31. The number of aryl methyl sites for hydroxylation is 1. The molecule has 0 aliphatic heterocycles. The second-order valence-electron chi connectivity index (χ2n) is 4.05. The number of carbonyl (C=O) groups is 2. The SMILES string of the molecule is COC(=O)c1scc(C)c1NC(=O)CCC(C)O. The molecule has 100 valence electrons. The van der Waals surface area contributed by atoms with Crippen LogP contribution >= 0.6 is 11.3 Å². The van der Waals surface area contributed by atoms with Gasteiger partial charge >= 0.3 is 5.97 Å². The van der Waals surface area contributed by atoms with Crippen LogP contribution in [0.1, 0.15) is 35.0 Å². The van der Waals surface area contributed by atoms with Crippen molar-refractivity contribution >= 4 is 28.9 Å². The molecule has 6 heteroatoms. The molecule has 0 bridgehead atoms. The number of thiophene rings is 1. The van der Waals surface area contributed by atoms with Crippen molar-refractivity contribution in [2.75, 3.05) is 12.4 Å². The molecule has 18 heavy (non-hydrogen) atoms. The molecule has 1 aromatic rings. The van der Waals surface area contributed by atoms with E-state index in [-0.39, 0.29) is 12.3 Å². The van der Waals surface area contributed by atoms with Crippen LogP contribution < -0.4 is 5.32 Å². The standard InChI is InChI=1S/C12H17NO4S/c1-7-6-18-11(12(16)17-3)10(7)13-9(15)5-4-8(2)14/h6,8,14H,4-5H2,1-3H3,(H,13,15). The second kappa shape index (κ2) is 6.51. The first-order valence-electron chi connectivity index (χ1n) is 5.60. The molecule has 0 aromatic carbocycles. The number of ether oxygens (including phenoxy) is 1. The van der Waals surface area contributed by atoms with Crippen LogP contribution in [0.2, 0.25) is 0 Å². The van der Waals surface area contributed by atoms with E-state index >= 15 is 0 Å². The van der Waals surface area contributed by atoms with Gasteiger partial charge in [-0.2, -0.15) is 0 Å². The summed E-state index contributed by atoms with van der Waals surface area (Å²) in [5.74, 6) is -0.679. The Morgan fingerprint density at radius 2 is 2.22 bits per heavy atom. The molecule has 1 amide bonds. The number of aliphatic hydroxyl groups excluding tert-OH is 1. The molecule has 1 rings (SSSR count). The lowest BCUT2D eigenvalue weighted by Crippen LogP contribution is -2.16. The fraction of sp³-hybridized carbons (Fsp3) is 0.500. The largest absolute Gasteiger partial charge is 0.465 e. The number of methoxy groups -OCH3 is 1. The van der Waals surface area contributed by atoms with Crippen molar-refractivity contribution in [1.29, 1.82) is 0 Å². The third kappa shape index (κ3) is 3.82. The van der Waals surface area contributed by atoms with Crippen LogP contribution in [0.15, 0.2) is 5.38 Å². The molecule has 1 unspecified atom stereocenters. The minimum atomic E-state index is -0.514. The first kappa shape index (κ1) is 14.7. The first-order valence-corrected chi connectivity index (χ1v) is 6.48. The predicted molar refractivity (Wildman–Crippen MR) is 69.9 cm³/mol. The zero-order valence-electron chi connectivity index (χ0n) is 10.6. The molecular weight excluding hydrogens is 254 g/mol. The number of nitrogens with one attached hydrogen (secondary N) is 1. The number of amides is 1. The fourth-order valence-electron chi connectivity index (χ4n) is 1.38. The summed E-state index contributed by atoms with van der Waals surface area (Å²) in [7, 11) is 1.30. The van der Waals surface area contributed by atoms with Crippen molar-refractivity contribution in [3.05, 3.63) is 15.8 Å². The van der Waals surface area contributed by atoms with Gasteiger partial charge in [-0.1, -0.05) is 0 Å². The highest BCUT2D eigenvalue weighted by atomic mass is 32.1. The van der Waals surface area contributed by atoms with E-state index in [1.165, 1.54) is 18.4 Å². The summed E-state index contributed by atoms with van der Waals surface area (Å²) in [6, 6.07) is 0. The van der Waals surface area contributed by atoms with Gasteiger partial charge in [0.05, 0.1) is 18.9 Å². The molecule has 1 aromatic heterocycles. The lowest BCUT2D eigenvalue weighted by molar-refractivity contribution is -0.116. The summed E-state index contributed by atoms with van der Waals surface area (Å²) in [4.78, 5) is 23.5. The molecule has 0 fully saturated rings. The Bertz CT molecular complexity index is 439. The Labute approximate surface area is 110 Å². The van der Waals surface area contributed by atoms with Crippen molar-refractivity contribution in [2.45, 2.75) is 32.8 Å². The molecule has 0 aliphatic carbocycles. The highest BCUT2D eigenvalue weighted by Gasteiger charge is 2.18. The maximum Gasteiger partial charge on any atom is 0.350 e. The van der Waals surface area contributed by atoms with Gasteiger partial charge in [-0.25, -0.2) is 4.79 Å². The monoisotopic (exact) mass is 271 g/mol. The third-order valence-corrected chi connectivity index (χ3v) is 3.48. The zero-order chi connectivity index (χ0) is 13.7. The summed E-state index contributed by atoms with van der Waals surface area (Å²) >= 11 is 1.24. The van der Waals surface area contributed by atoms with Gasteiger partial charge in [-0.15, -0.1) is 11.3 Å². The summed E-state index contributed by atoms with van der Waals surface area (Å²) in [6.07, 6.45) is 0.0928. The van der Waals surface area contributed by atoms with Gasteiger partial charge in [0.1, 0.15) is 4.88 Å². The Kier molecular flexibility index (Phi) is 5.30. The van der Waals surface area contributed by atoms with Crippen LogP contribution in [-0.4, -0.2) is 30.2 Å². The van der Waals surface area contributed by atoms with Gasteiger partial charge < -0.3 is 15.2 Å². The van der Waals surface area contributed by atoms with E-state index in [0.717, 1.165) is 5.56 Å². The number of hydrogen-bond donors (Lipinski definition) is 2. The summed E-state index contributed by atoms with van der Waals surface area (Å²) in [5, 5.41) is 13.6. The van der Waals surface area contributed by atoms with Gasteiger partial charge in [0.2, 0.25) is 5.91 Å². The van der Waals surface area contributed by atoms with Crippen LogP contribution in [0.3, 0.4) is 0 Å². The van der Waals surface area contributed by atoms with Gasteiger partial charge in [0.25, 0.3) is 0 Å². The maximum absolute atomic E-state index is 11.7. The molecule has 0 saturated carbocycles. The average Bonchev–Trinajstić information content (AvgIpc) is 2.68. The van der Waals surface area contributed by atoms with Gasteiger partial charge in [-0.05, 0) is 31.2 Å². The molecule has 0 saturated heterocycles. The number of rotatable bonds is 5. The van der Waals surface area contributed by atoms with Crippen LogP contribution in [0, 0.1) is 6.92 Å². The van der Waals surface area contributed by atoms with Crippen molar-refractivity contribution in [1.82, 2.24) is 0 Å². The second-order valence-corrected chi connectivity index (χ2v) is 4.93. The normalized spacial score (nSPS) is 12.0. The Morgan fingerprint density at radius 1 is 1.56 bits per heavy atom. The lowest BCUT2D eigenvalue weighted by atomic mass is 10.2. The minimum absolute atomic E-state index is 0.216. The van der Waals surface area contributed by atoms with Gasteiger partial charge in [-0.3, -0.25) is 4.79 Å². The van der Waals surface area contributed by atoms with Crippen LogP contribution in [0.5, 0.6) is 0 Å². The number of hydrogen-bond acceptors (Lipinski definition) is 5. The highest BCUT2D eigenvalue weighted by Crippen LogP contribution is 2.28. The van der Waals surface area contributed by atoms with Crippen molar-refractivity contribution in [3.63, 3.8) is 0 Å². The first-order chi connectivity index (χ1) is 8.45. The predicted octanol–water partition coefficient (Wildman–Crippen LogP) is 1.94. The quantitative estimate of drug-likeness (QED) is 0.802. The number of anilines is 1. The van der Waals surface area contributed by atoms with Crippen molar-refractivity contribution < 1.29 is 19.4 Å². The van der Waals surface area contributed by atoms with E-state index in [0.29, 0.717) is 17.0 Å². The van der Waals surface area contributed by atoms with Gasteiger partial charge in [0, 0.05) is 6.42 Å². The molecule has 2 N–H and O–H groups in total. The van der Waals surface area contributed by atoms with Crippen LogP contribution in [0.4, 0.5) is 5.69 Å². The van der Waals surface area contributed by atoms with Crippen LogP contribution in [-0.2, 0) is 9.53 Å². The minimum Gasteiger partial charge on any atom is -0.465 e. The summed E-state index contributed by atoms with van der Waals surface area (Å²) in [5.41, 5.74) is 1.33. The molecule has 0 radical (unpaired) electrons. The average molecular weight is 271 g/mol. The lowest BCUT2D eigenvalue weighted by Gasteiger charge is -2.08. The summed E-state index contributed by atoms with van der Waals surface area (Å²) in [6.45, 7) is 3.44. The molecule has 5 nitrogen and oxygen atoms in total.